The summed E-state index contributed by atoms with van der Waals surface area (Å²) >= 11 is 0. The SMILES string of the molecule is Cc1ccc(C(=O)Cc2ccc(CN3CCNCC3)c(C(F)(F)F)c2)cc1C#Cc1cccnc1. The highest BCUT2D eigenvalue weighted by atomic mass is 19.4. The van der Waals surface area contributed by atoms with Crippen molar-refractivity contribution in [3.05, 3.63) is 99.9 Å². The first kappa shape index (κ1) is 24.6. The molecular formula is C28H26F3N3O. The van der Waals surface area contributed by atoms with Gasteiger partial charge in [-0.05, 0) is 47.9 Å². The van der Waals surface area contributed by atoms with Gasteiger partial charge in [0.25, 0.3) is 0 Å². The van der Waals surface area contributed by atoms with E-state index in [1.807, 2.05) is 17.9 Å². The molecule has 0 aliphatic carbocycles. The molecule has 0 bridgehead atoms. The summed E-state index contributed by atoms with van der Waals surface area (Å²) in [5.74, 6) is 5.84. The van der Waals surface area contributed by atoms with Crippen LogP contribution in [-0.2, 0) is 19.1 Å². The van der Waals surface area contributed by atoms with Crippen LogP contribution >= 0.6 is 0 Å². The molecular weight excluding hydrogens is 451 g/mol. The number of alkyl halides is 3. The molecule has 1 aliphatic heterocycles. The number of hydrogen-bond donors (Lipinski definition) is 1. The van der Waals surface area contributed by atoms with Crippen molar-refractivity contribution in [2.24, 2.45) is 0 Å². The second-order valence-electron chi connectivity index (χ2n) is 8.64. The van der Waals surface area contributed by atoms with Gasteiger partial charge in [0.15, 0.2) is 5.78 Å². The Morgan fingerprint density at radius 3 is 2.60 bits per heavy atom. The van der Waals surface area contributed by atoms with Crippen molar-refractivity contribution < 1.29 is 18.0 Å². The van der Waals surface area contributed by atoms with E-state index in [9.17, 15) is 18.0 Å². The zero-order valence-corrected chi connectivity index (χ0v) is 19.5. The zero-order chi connectivity index (χ0) is 24.8. The topological polar surface area (TPSA) is 45.2 Å². The monoisotopic (exact) mass is 477 g/mol. The molecule has 1 fully saturated rings. The first-order valence-electron chi connectivity index (χ1n) is 11.5. The Kier molecular flexibility index (Phi) is 7.64. The fraction of sp³-hybridized carbons (Fsp3) is 0.286. The highest BCUT2D eigenvalue weighted by Gasteiger charge is 2.34. The molecule has 0 saturated carbocycles. The Morgan fingerprint density at radius 2 is 1.89 bits per heavy atom. The van der Waals surface area contributed by atoms with Crippen LogP contribution in [0.3, 0.4) is 0 Å². The van der Waals surface area contributed by atoms with E-state index >= 15 is 0 Å². The summed E-state index contributed by atoms with van der Waals surface area (Å²) < 4.78 is 41.5. The van der Waals surface area contributed by atoms with Gasteiger partial charge in [0.05, 0.1) is 5.56 Å². The van der Waals surface area contributed by atoms with Gasteiger partial charge >= 0.3 is 6.18 Å². The molecule has 1 aliphatic rings. The fourth-order valence-corrected chi connectivity index (χ4v) is 4.04. The van der Waals surface area contributed by atoms with Crippen LogP contribution in [0.2, 0.25) is 0 Å². The van der Waals surface area contributed by atoms with E-state index in [2.05, 4.69) is 22.1 Å². The van der Waals surface area contributed by atoms with Gasteiger partial charge in [0.2, 0.25) is 0 Å². The average Bonchev–Trinajstić information content (AvgIpc) is 2.85. The van der Waals surface area contributed by atoms with E-state index in [4.69, 9.17) is 0 Å². The smallest absolute Gasteiger partial charge is 0.314 e. The molecule has 7 heteroatoms. The quantitative estimate of drug-likeness (QED) is 0.430. The second-order valence-corrected chi connectivity index (χ2v) is 8.64. The zero-order valence-electron chi connectivity index (χ0n) is 19.5. The molecule has 3 aromatic rings. The first-order chi connectivity index (χ1) is 16.8. The minimum atomic E-state index is -4.48. The number of pyridine rings is 1. The molecule has 1 aromatic heterocycles. The molecule has 2 heterocycles. The Bertz CT molecular complexity index is 1250. The number of halogens is 3. The first-order valence-corrected chi connectivity index (χ1v) is 11.5. The van der Waals surface area contributed by atoms with Crippen molar-refractivity contribution in [3.8, 4) is 11.8 Å². The second kappa shape index (κ2) is 10.9. The normalized spacial score (nSPS) is 14.3. The molecule has 1 saturated heterocycles. The predicted molar refractivity (Wildman–Crippen MR) is 129 cm³/mol. The number of carbonyl (C=O) groups excluding carboxylic acids is 1. The van der Waals surface area contributed by atoms with Crippen molar-refractivity contribution in [2.75, 3.05) is 26.2 Å². The Morgan fingerprint density at radius 1 is 1.09 bits per heavy atom. The van der Waals surface area contributed by atoms with Crippen molar-refractivity contribution >= 4 is 5.78 Å². The Labute approximate surface area is 203 Å². The third kappa shape index (κ3) is 6.56. The Balaban J connectivity index is 1.54. The number of Topliss-reactive ketones (excluding diaryl/α,β-unsaturated/α-hetero) is 1. The highest BCUT2D eigenvalue weighted by molar-refractivity contribution is 5.98. The van der Waals surface area contributed by atoms with Crippen LogP contribution < -0.4 is 5.32 Å². The van der Waals surface area contributed by atoms with E-state index in [0.29, 0.717) is 29.8 Å². The van der Waals surface area contributed by atoms with Crippen LogP contribution in [0.1, 0.15) is 43.7 Å². The lowest BCUT2D eigenvalue weighted by Gasteiger charge is -2.28. The van der Waals surface area contributed by atoms with Crippen molar-refractivity contribution in [1.82, 2.24) is 15.2 Å². The summed E-state index contributed by atoms with van der Waals surface area (Å²) in [6, 6.07) is 13.1. The lowest BCUT2D eigenvalue weighted by atomic mass is 9.96. The van der Waals surface area contributed by atoms with E-state index < -0.39 is 11.7 Å². The van der Waals surface area contributed by atoms with Gasteiger partial charge in [-0.2, -0.15) is 13.2 Å². The van der Waals surface area contributed by atoms with Crippen molar-refractivity contribution in [3.63, 3.8) is 0 Å². The van der Waals surface area contributed by atoms with Crippen molar-refractivity contribution in [2.45, 2.75) is 26.1 Å². The number of aryl methyl sites for hydroxylation is 1. The number of nitrogens with one attached hydrogen (secondary N) is 1. The van der Waals surface area contributed by atoms with Gasteiger partial charge < -0.3 is 5.32 Å². The minimum Gasteiger partial charge on any atom is -0.314 e. The number of aromatic nitrogens is 1. The van der Waals surface area contributed by atoms with E-state index in [0.717, 1.165) is 30.3 Å². The van der Waals surface area contributed by atoms with Crippen LogP contribution in [0.15, 0.2) is 60.9 Å². The van der Waals surface area contributed by atoms with E-state index in [1.165, 1.54) is 6.07 Å². The number of nitrogens with zero attached hydrogens (tertiary/aromatic N) is 2. The predicted octanol–water partition coefficient (Wildman–Crippen LogP) is 4.64. The Hall–Kier alpha value is -3.47. The minimum absolute atomic E-state index is 0.116. The summed E-state index contributed by atoms with van der Waals surface area (Å²) in [7, 11) is 0. The fourth-order valence-electron chi connectivity index (χ4n) is 4.04. The summed E-state index contributed by atoms with van der Waals surface area (Å²) in [5, 5.41) is 3.20. The van der Waals surface area contributed by atoms with Gasteiger partial charge in [0, 0.05) is 68.2 Å². The average molecular weight is 478 g/mol. The number of hydrogen-bond acceptors (Lipinski definition) is 4. The lowest BCUT2D eigenvalue weighted by Crippen LogP contribution is -2.43. The molecule has 0 atom stereocenters. The molecule has 0 amide bonds. The summed E-state index contributed by atoms with van der Waals surface area (Å²) in [6.45, 7) is 5.07. The van der Waals surface area contributed by atoms with Crippen molar-refractivity contribution in [1.29, 1.82) is 0 Å². The van der Waals surface area contributed by atoms with E-state index in [-0.39, 0.29) is 24.3 Å². The largest absolute Gasteiger partial charge is 0.416 e. The summed E-state index contributed by atoms with van der Waals surface area (Å²) in [4.78, 5) is 19.0. The molecule has 0 spiro atoms. The maximum absolute atomic E-state index is 13.8. The third-order valence-electron chi connectivity index (χ3n) is 6.01. The van der Waals surface area contributed by atoms with Crippen LogP contribution in [0.4, 0.5) is 13.2 Å². The van der Waals surface area contributed by atoms with Crippen LogP contribution in [0.5, 0.6) is 0 Å². The molecule has 4 rings (SSSR count). The number of carbonyl (C=O) groups is 1. The number of benzene rings is 2. The van der Waals surface area contributed by atoms with Crippen LogP contribution in [-0.4, -0.2) is 41.8 Å². The van der Waals surface area contributed by atoms with Gasteiger partial charge in [-0.25, -0.2) is 0 Å². The molecule has 0 radical (unpaired) electrons. The highest BCUT2D eigenvalue weighted by Crippen LogP contribution is 2.33. The van der Waals surface area contributed by atoms with Crippen LogP contribution in [0, 0.1) is 18.8 Å². The number of ketones is 1. The van der Waals surface area contributed by atoms with Crippen LogP contribution in [0.25, 0.3) is 0 Å². The summed E-state index contributed by atoms with van der Waals surface area (Å²) in [6.07, 6.45) is -1.28. The molecule has 2 aromatic carbocycles. The maximum atomic E-state index is 13.8. The molecule has 4 nitrogen and oxygen atoms in total. The van der Waals surface area contributed by atoms with Gasteiger partial charge in [-0.3, -0.25) is 14.7 Å². The molecule has 1 N–H and O–H groups in total. The van der Waals surface area contributed by atoms with Gasteiger partial charge in [-0.1, -0.05) is 36.1 Å². The van der Waals surface area contributed by atoms with Gasteiger partial charge in [-0.15, -0.1) is 0 Å². The number of piperazine rings is 1. The molecule has 180 valence electrons. The standard InChI is InChI=1S/C28H26F3N3O/c1-20-4-7-24(17-23(20)8-5-21-3-2-10-33-18-21)27(35)16-22-6-9-25(26(15-22)28(29,30)31)19-34-13-11-32-12-14-34/h2-4,6-7,9-10,15,17-18,32H,11-14,16,19H2,1H3. The number of rotatable bonds is 5. The van der Waals surface area contributed by atoms with E-state index in [1.54, 1.807) is 42.7 Å². The molecule has 0 unspecified atom stereocenters. The maximum Gasteiger partial charge on any atom is 0.416 e. The lowest BCUT2D eigenvalue weighted by molar-refractivity contribution is -0.138. The summed E-state index contributed by atoms with van der Waals surface area (Å²) in [5.41, 5.74) is 2.69. The molecule has 35 heavy (non-hydrogen) atoms. The van der Waals surface area contributed by atoms with Gasteiger partial charge in [0.1, 0.15) is 0 Å². The third-order valence-corrected chi connectivity index (χ3v) is 6.01.